The average Bonchev–Trinajstić information content (AvgIpc) is 3.72. The molecule has 0 atom stereocenters. The molecule has 0 bridgehead atoms. The third-order valence-corrected chi connectivity index (χ3v) is 7.68. The van der Waals surface area contributed by atoms with E-state index in [4.69, 9.17) is 9.47 Å². The van der Waals surface area contributed by atoms with Crippen molar-refractivity contribution >= 4 is 22.6 Å². The number of pyridine rings is 1. The fourth-order valence-corrected chi connectivity index (χ4v) is 5.76. The fraction of sp³-hybridized carbons (Fsp3) is 0.312. The van der Waals surface area contributed by atoms with E-state index in [-0.39, 0.29) is 7.33 Å². The number of anilines is 1. The Morgan fingerprint density at radius 1 is 1.08 bits per heavy atom. The van der Waals surface area contributed by atoms with Crippen LogP contribution in [0.2, 0.25) is 0 Å². The van der Waals surface area contributed by atoms with E-state index in [1.54, 1.807) is 11.1 Å². The van der Waals surface area contributed by atoms with Gasteiger partial charge in [-0.3, -0.25) is 9.69 Å². The van der Waals surface area contributed by atoms with E-state index in [2.05, 4.69) is 51.8 Å². The number of hydrogen-bond acceptors (Lipinski definition) is 5. The summed E-state index contributed by atoms with van der Waals surface area (Å²) in [5.41, 5.74) is 6.83. The van der Waals surface area contributed by atoms with Crippen LogP contribution >= 0.6 is 0 Å². The molecule has 6 rings (SSSR count). The van der Waals surface area contributed by atoms with Crippen molar-refractivity contribution < 1.29 is 15.7 Å². The summed E-state index contributed by atoms with van der Waals surface area (Å²) >= 11 is 0. The van der Waals surface area contributed by atoms with Gasteiger partial charge in [-0.25, -0.2) is 4.98 Å². The average molecular weight is 525 g/mol. The lowest BCUT2D eigenvalue weighted by Gasteiger charge is -2.17. The number of aromatic nitrogens is 2. The summed E-state index contributed by atoms with van der Waals surface area (Å²) in [7, 11) is 0. The molecular weight excluding hydrogens is 488 g/mol. The van der Waals surface area contributed by atoms with E-state index in [9.17, 15) is 4.79 Å². The largest absolute Gasteiger partial charge is 0.493 e. The number of ether oxygens (including phenoxy) is 2. The van der Waals surface area contributed by atoms with Gasteiger partial charge < -0.3 is 19.4 Å². The van der Waals surface area contributed by atoms with Crippen molar-refractivity contribution in [3.8, 4) is 33.9 Å². The van der Waals surface area contributed by atoms with Gasteiger partial charge in [-0.2, -0.15) is 0 Å². The van der Waals surface area contributed by atoms with Gasteiger partial charge in [0.2, 0.25) is 5.91 Å². The van der Waals surface area contributed by atoms with Gasteiger partial charge in [-0.15, -0.1) is 0 Å². The molecule has 1 saturated heterocycles. The number of nitrogens with zero attached hydrogens (tertiary/aromatic N) is 3. The second kappa shape index (κ2) is 10.9. The number of amides is 1. The summed E-state index contributed by atoms with van der Waals surface area (Å²) in [5, 5.41) is 0.930. The molecule has 2 aliphatic heterocycles. The Bertz CT molecular complexity index is 1510. The van der Waals surface area contributed by atoms with Crippen molar-refractivity contribution in [3.05, 3.63) is 72.9 Å². The highest BCUT2D eigenvalue weighted by atomic mass is 16.5. The Kier molecular flexibility index (Phi) is 7.07. The Balaban J connectivity index is 0.00000323. The number of fused-ring (bicyclic) bond motifs is 2. The molecule has 1 fully saturated rings. The molecule has 1 N–H and O–H groups in total. The van der Waals surface area contributed by atoms with Crippen molar-refractivity contribution in [2.45, 2.75) is 26.2 Å². The first kappa shape index (κ1) is 25.2. The first-order valence-corrected chi connectivity index (χ1v) is 13.8. The van der Waals surface area contributed by atoms with Crippen molar-refractivity contribution in [2.75, 3.05) is 44.3 Å². The Morgan fingerprint density at radius 2 is 1.87 bits per heavy atom. The smallest absolute Gasteiger partial charge is 0.250 e. The number of likely N-dealkylation sites (tertiary alicyclic amines) is 1. The molecule has 0 aliphatic carbocycles. The van der Waals surface area contributed by atoms with Crippen LogP contribution in [0, 0.1) is 0 Å². The number of hydrogen-bond donors (Lipinski definition) is 1. The summed E-state index contributed by atoms with van der Waals surface area (Å²) in [6.07, 6.45) is 6.55. The first-order chi connectivity index (χ1) is 19.2. The second-order valence-corrected chi connectivity index (χ2v) is 10.0. The highest BCUT2D eigenvalue weighted by Gasteiger charge is 2.26. The lowest BCUT2D eigenvalue weighted by molar-refractivity contribution is -0.114. The van der Waals surface area contributed by atoms with Crippen LogP contribution in [0.1, 0.15) is 26.8 Å². The van der Waals surface area contributed by atoms with Crippen molar-refractivity contribution in [2.24, 2.45) is 0 Å². The molecule has 0 radical (unpaired) electrons. The number of benzene rings is 2. The van der Waals surface area contributed by atoms with Gasteiger partial charge in [0.25, 0.3) is 0 Å². The molecule has 1 amide bonds. The van der Waals surface area contributed by atoms with Crippen LogP contribution in [0.25, 0.3) is 33.4 Å². The second-order valence-electron chi connectivity index (χ2n) is 10.0. The standard InChI is InChI=1S/C32H34N4O3.H2/c1-3-28(37)36-18-14-22-7-8-24(21-26(22)36)29-30-27(38-4-2)13-15-33-32(30)34-31(29)23-9-11-25(12-10-23)39-20-19-35-16-5-6-17-35;/h3,7-13,15,21H,1,4-6,14,16-20H2,2H3,(H,33,34);1H. The highest BCUT2D eigenvalue weighted by Crippen LogP contribution is 2.44. The number of carbonyl (C=O) groups is 1. The Morgan fingerprint density at radius 3 is 2.64 bits per heavy atom. The zero-order valence-electron chi connectivity index (χ0n) is 22.4. The van der Waals surface area contributed by atoms with E-state index in [1.807, 2.05) is 25.1 Å². The van der Waals surface area contributed by atoms with E-state index < -0.39 is 0 Å². The summed E-state index contributed by atoms with van der Waals surface area (Å²) in [5.74, 6) is 1.56. The number of H-pyrrole nitrogens is 1. The lowest BCUT2D eigenvalue weighted by atomic mass is 9.96. The van der Waals surface area contributed by atoms with Gasteiger partial charge in [0, 0.05) is 32.0 Å². The molecular formula is C32H36N4O3. The number of carbonyl (C=O) groups excluding carboxylic acids is 1. The third-order valence-electron chi connectivity index (χ3n) is 7.68. The Labute approximate surface area is 230 Å². The van der Waals surface area contributed by atoms with E-state index in [0.717, 1.165) is 69.1 Å². The number of aromatic amines is 1. The number of rotatable bonds is 9. The van der Waals surface area contributed by atoms with Gasteiger partial charge in [0.1, 0.15) is 23.8 Å². The minimum atomic E-state index is -0.0814. The van der Waals surface area contributed by atoms with Crippen molar-refractivity contribution in [3.63, 3.8) is 0 Å². The maximum Gasteiger partial charge on any atom is 0.250 e. The Hall–Kier alpha value is -4.10. The molecule has 2 aliphatic rings. The third kappa shape index (κ3) is 4.90. The SMILES string of the molecule is C=CC(=O)N1CCc2ccc(-c3c(-c4ccc(OCCN5CCCC5)cc4)[nH]c4nccc(OCC)c34)cc21.[HH]. The molecule has 2 aromatic carbocycles. The fourth-order valence-electron chi connectivity index (χ4n) is 5.76. The van der Waals surface area contributed by atoms with Crippen molar-refractivity contribution in [1.82, 2.24) is 14.9 Å². The van der Waals surface area contributed by atoms with Crippen LogP contribution in [0.3, 0.4) is 0 Å². The molecule has 0 unspecified atom stereocenters. The monoisotopic (exact) mass is 524 g/mol. The van der Waals surface area contributed by atoms with Crippen LogP contribution in [0.5, 0.6) is 11.5 Å². The summed E-state index contributed by atoms with van der Waals surface area (Å²) in [4.78, 5) is 25.0. The molecule has 0 spiro atoms. The van der Waals surface area contributed by atoms with E-state index in [0.29, 0.717) is 19.8 Å². The lowest BCUT2D eigenvalue weighted by Crippen LogP contribution is -2.26. The quantitative estimate of drug-likeness (QED) is 0.268. The van der Waals surface area contributed by atoms with Crippen LogP contribution in [0.15, 0.2) is 67.4 Å². The maximum atomic E-state index is 12.6. The topological polar surface area (TPSA) is 70.7 Å². The summed E-state index contributed by atoms with van der Waals surface area (Å²) in [6.45, 7) is 10.9. The van der Waals surface area contributed by atoms with Gasteiger partial charge in [-0.1, -0.05) is 18.7 Å². The zero-order chi connectivity index (χ0) is 26.8. The van der Waals surface area contributed by atoms with Crippen LogP contribution in [-0.2, 0) is 11.2 Å². The summed E-state index contributed by atoms with van der Waals surface area (Å²) < 4.78 is 12.1. The molecule has 0 saturated carbocycles. The van der Waals surface area contributed by atoms with Crippen LogP contribution < -0.4 is 14.4 Å². The molecule has 7 nitrogen and oxygen atoms in total. The minimum Gasteiger partial charge on any atom is -0.493 e. The predicted octanol–water partition coefficient (Wildman–Crippen LogP) is 6.09. The first-order valence-electron chi connectivity index (χ1n) is 13.8. The molecule has 4 heterocycles. The van der Waals surface area contributed by atoms with E-state index in [1.165, 1.54) is 32.0 Å². The van der Waals surface area contributed by atoms with Gasteiger partial charge in [-0.05, 0) is 98.4 Å². The van der Waals surface area contributed by atoms with Gasteiger partial charge in [0.05, 0.1) is 17.7 Å². The molecule has 39 heavy (non-hydrogen) atoms. The van der Waals surface area contributed by atoms with Crippen LogP contribution in [-0.4, -0.2) is 60.2 Å². The van der Waals surface area contributed by atoms with Crippen LogP contribution in [0.4, 0.5) is 5.69 Å². The molecule has 2 aromatic heterocycles. The molecule has 202 valence electrons. The minimum absolute atomic E-state index is 0. The van der Waals surface area contributed by atoms with Gasteiger partial charge >= 0.3 is 0 Å². The molecule has 4 aromatic rings. The predicted molar refractivity (Wildman–Crippen MR) is 158 cm³/mol. The van der Waals surface area contributed by atoms with E-state index >= 15 is 0 Å². The van der Waals surface area contributed by atoms with Crippen molar-refractivity contribution in [1.29, 1.82) is 0 Å². The zero-order valence-corrected chi connectivity index (χ0v) is 22.4. The summed E-state index contributed by atoms with van der Waals surface area (Å²) in [6, 6.07) is 16.5. The molecule has 7 heteroatoms. The highest BCUT2D eigenvalue weighted by molar-refractivity contribution is 6.07. The van der Waals surface area contributed by atoms with Gasteiger partial charge in [0.15, 0.2) is 0 Å². The normalized spacial score (nSPS) is 15.1. The maximum absolute atomic E-state index is 12.6. The number of nitrogens with one attached hydrogen (secondary N) is 1.